The zero-order valence-corrected chi connectivity index (χ0v) is 22.8. The van der Waals surface area contributed by atoms with Crippen molar-refractivity contribution < 1.29 is 19.8 Å². The normalized spacial score (nSPS) is 26.4. The van der Waals surface area contributed by atoms with Crippen LogP contribution in [0.3, 0.4) is 0 Å². The lowest BCUT2D eigenvalue weighted by Crippen LogP contribution is -2.71. The van der Waals surface area contributed by atoms with Gasteiger partial charge in [-0.3, -0.25) is 19.3 Å². The van der Waals surface area contributed by atoms with Crippen LogP contribution in [-0.4, -0.2) is 63.2 Å². The van der Waals surface area contributed by atoms with Gasteiger partial charge in [-0.15, -0.1) is 0 Å². The molecule has 2 amide bonds. The van der Waals surface area contributed by atoms with Crippen molar-refractivity contribution in [2.75, 3.05) is 19.6 Å². The highest BCUT2D eigenvalue weighted by molar-refractivity contribution is 5.96. The van der Waals surface area contributed by atoms with E-state index in [1.54, 1.807) is 12.1 Å². The molecule has 0 radical (unpaired) electrons. The van der Waals surface area contributed by atoms with Gasteiger partial charge >= 0.3 is 0 Å². The molecular formula is C29H40N4O5. The molecule has 2 heterocycles. The fourth-order valence-corrected chi connectivity index (χ4v) is 6.43. The summed E-state index contributed by atoms with van der Waals surface area (Å²) in [5, 5.41) is 25.4. The molecule has 2 aromatic rings. The maximum atomic E-state index is 12.9. The summed E-state index contributed by atoms with van der Waals surface area (Å²) in [6.07, 6.45) is 3.72. The molecule has 1 aromatic carbocycles. The van der Waals surface area contributed by atoms with Crippen LogP contribution in [0.4, 0.5) is 0 Å². The molecule has 1 saturated carbocycles. The highest BCUT2D eigenvalue weighted by Gasteiger charge is 2.61. The lowest BCUT2D eigenvalue weighted by molar-refractivity contribution is -0.139. The number of hydrogen-bond donors (Lipinski definition) is 5. The van der Waals surface area contributed by atoms with E-state index in [0.29, 0.717) is 30.0 Å². The number of phenolic OH excluding ortho intramolecular Hbond substituents is 1. The van der Waals surface area contributed by atoms with Gasteiger partial charge in [0.2, 0.25) is 5.91 Å². The lowest BCUT2D eigenvalue weighted by atomic mass is 9.53. The minimum atomic E-state index is -1.20. The first-order valence-electron chi connectivity index (χ1n) is 13.6. The molecule has 2 fully saturated rings. The number of nitrogens with zero attached hydrogens (tertiary/aromatic N) is 1. The first-order chi connectivity index (χ1) is 18.0. The standard InChI is InChI=1S/C27H34N4O5.C2H6/c1-15-3-6-19(32)10-21(15)26-7-8-31(14-17-4-5-17)16(2)27(26,36)11-18-9-20(24(34)29-13-23(28)33)25(35)30-22(18)12-26;1-2/h3,6,9-10,16-17,32,36H,4-5,7-8,11-14H2,1-2H3,(H2,28,33)(H,29,34)(H,30,35);1-2H3. The average Bonchev–Trinajstić information content (AvgIpc) is 3.71. The maximum Gasteiger partial charge on any atom is 0.261 e. The van der Waals surface area contributed by atoms with Gasteiger partial charge in [0.25, 0.3) is 11.5 Å². The Morgan fingerprint density at radius 3 is 2.58 bits per heavy atom. The first kappa shape index (κ1) is 27.9. The van der Waals surface area contributed by atoms with E-state index in [0.717, 1.165) is 24.2 Å². The molecule has 1 aliphatic heterocycles. The first-order valence-corrected chi connectivity index (χ1v) is 13.6. The van der Waals surface area contributed by atoms with Gasteiger partial charge in [0.1, 0.15) is 11.3 Å². The number of aryl methyl sites for hydroxylation is 1. The monoisotopic (exact) mass is 524 g/mol. The van der Waals surface area contributed by atoms with Gasteiger partial charge in [-0.1, -0.05) is 19.9 Å². The molecule has 9 heteroatoms. The quantitative estimate of drug-likeness (QED) is 0.390. The van der Waals surface area contributed by atoms with E-state index in [2.05, 4.69) is 22.1 Å². The van der Waals surface area contributed by atoms with E-state index in [4.69, 9.17) is 5.73 Å². The highest BCUT2D eigenvalue weighted by Crippen LogP contribution is 2.54. The summed E-state index contributed by atoms with van der Waals surface area (Å²) in [5.74, 6) is -0.581. The number of rotatable bonds is 6. The number of aromatic hydroxyl groups is 1. The zero-order valence-electron chi connectivity index (χ0n) is 22.8. The Hall–Kier alpha value is -3.17. The van der Waals surface area contributed by atoms with Crippen LogP contribution in [0, 0.1) is 12.8 Å². The minimum absolute atomic E-state index is 0.113. The summed E-state index contributed by atoms with van der Waals surface area (Å²) in [5.41, 5.74) is 5.78. The fourth-order valence-electron chi connectivity index (χ4n) is 6.43. The number of primary amides is 1. The number of aliphatic hydroxyl groups is 1. The van der Waals surface area contributed by atoms with Crippen LogP contribution >= 0.6 is 0 Å². The number of carbonyl (C=O) groups is 2. The minimum Gasteiger partial charge on any atom is -0.508 e. The molecule has 38 heavy (non-hydrogen) atoms. The van der Waals surface area contributed by atoms with Gasteiger partial charge in [0.05, 0.1) is 12.1 Å². The molecule has 206 valence electrons. The Morgan fingerprint density at radius 2 is 1.92 bits per heavy atom. The second-order valence-electron chi connectivity index (χ2n) is 10.9. The molecule has 3 aliphatic rings. The number of carbonyl (C=O) groups excluding carboxylic acids is 2. The van der Waals surface area contributed by atoms with Crippen LogP contribution in [0.15, 0.2) is 29.1 Å². The van der Waals surface area contributed by atoms with Gasteiger partial charge in [-0.25, -0.2) is 0 Å². The SMILES string of the molecule is CC.Cc1ccc(O)cc1C12CCN(CC3CC3)C(C)C1(O)Cc1cc(C(=O)NCC(N)=O)c(=O)[nH]c1C2. The number of aromatic nitrogens is 1. The number of pyridine rings is 1. The third kappa shape index (κ3) is 4.85. The number of phenols is 1. The van der Waals surface area contributed by atoms with E-state index in [1.807, 2.05) is 26.8 Å². The number of nitrogens with one attached hydrogen (secondary N) is 2. The molecule has 2 aliphatic carbocycles. The van der Waals surface area contributed by atoms with Crippen molar-refractivity contribution in [3.05, 3.63) is 62.6 Å². The summed E-state index contributed by atoms with van der Waals surface area (Å²) in [6.45, 7) is 9.42. The number of piperidine rings is 1. The topological polar surface area (TPSA) is 149 Å². The summed E-state index contributed by atoms with van der Waals surface area (Å²) < 4.78 is 0. The van der Waals surface area contributed by atoms with E-state index < -0.39 is 28.4 Å². The average molecular weight is 525 g/mol. The van der Waals surface area contributed by atoms with Crippen molar-refractivity contribution in [1.29, 1.82) is 0 Å². The third-order valence-electron chi connectivity index (χ3n) is 8.64. The van der Waals surface area contributed by atoms with Crippen LogP contribution in [0.25, 0.3) is 0 Å². The number of hydrogen-bond acceptors (Lipinski definition) is 6. The summed E-state index contributed by atoms with van der Waals surface area (Å²) in [4.78, 5) is 41.8. The number of benzene rings is 1. The summed E-state index contributed by atoms with van der Waals surface area (Å²) in [6, 6.07) is 6.62. The largest absolute Gasteiger partial charge is 0.508 e. The Bertz CT molecular complexity index is 1290. The van der Waals surface area contributed by atoms with Crippen LogP contribution in [-0.2, 0) is 23.1 Å². The Kier molecular flexibility index (Phi) is 7.72. The zero-order chi connectivity index (χ0) is 27.8. The number of nitrogens with two attached hydrogens (primary N) is 1. The molecule has 1 aromatic heterocycles. The van der Waals surface area contributed by atoms with Crippen LogP contribution in [0.1, 0.15) is 72.8 Å². The molecular weight excluding hydrogens is 484 g/mol. The van der Waals surface area contributed by atoms with Crippen molar-refractivity contribution >= 4 is 11.8 Å². The Balaban J connectivity index is 0.00000164. The van der Waals surface area contributed by atoms with Crippen LogP contribution in [0.5, 0.6) is 5.75 Å². The van der Waals surface area contributed by atoms with Crippen molar-refractivity contribution in [1.82, 2.24) is 15.2 Å². The molecule has 6 N–H and O–H groups in total. The van der Waals surface area contributed by atoms with Crippen molar-refractivity contribution in [3.63, 3.8) is 0 Å². The number of H-pyrrole nitrogens is 1. The van der Waals surface area contributed by atoms with Gasteiger partial charge in [-0.2, -0.15) is 0 Å². The van der Waals surface area contributed by atoms with E-state index >= 15 is 0 Å². The van der Waals surface area contributed by atoms with Gasteiger partial charge in [0.15, 0.2) is 0 Å². The molecule has 3 atom stereocenters. The van der Waals surface area contributed by atoms with Crippen LogP contribution < -0.4 is 16.6 Å². The predicted molar refractivity (Wildman–Crippen MR) is 145 cm³/mol. The predicted octanol–water partition coefficient (Wildman–Crippen LogP) is 1.90. The second-order valence-corrected chi connectivity index (χ2v) is 10.9. The van der Waals surface area contributed by atoms with Crippen molar-refractivity contribution in [3.8, 4) is 5.75 Å². The van der Waals surface area contributed by atoms with Crippen LogP contribution in [0.2, 0.25) is 0 Å². The summed E-state index contributed by atoms with van der Waals surface area (Å²) >= 11 is 0. The molecule has 0 spiro atoms. The molecule has 5 rings (SSSR count). The highest BCUT2D eigenvalue weighted by atomic mass is 16.3. The second kappa shape index (κ2) is 10.5. The number of amides is 2. The lowest BCUT2D eigenvalue weighted by Gasteiger charge is -2.60. The van der Waals surface area contributed by atoms with Gasteiger partial charge in [0, 0.05) is 36.5 Å². The molecule has 3 unspecified atom stereocenters. The van der Waals surface area contributed by atoms with Gasteiger partial charge < -0.3 is 26.2 Å². The molecule has 1 saturated heterocycles. The number of aromatic amines is 1. The molecule has 0 bridgehead atoms. The number of likely N-dealkylation sites (tertiary alicyclic amines) is 1. The molecule has 9 nitrogen and oxygen atoms in total. The summed E-state index contributed by atoms with van der Waals surface area (Å²) in [7, 11) is 0. The third-order valence-corrected chi connectivity index (χ3v) is 8.64. The maximum absolute atomic E-state index is 12.9. The Morgan fingerprint density at radius 1 is 1.21 bits per heavy atom. The number of fused-ring (bicyclic) bond motifs is 2. The van der Waals surface area contributed by atoms with Gasteiger partial charge in [-0.05, 0) is 80.5 Å². The van der Waals surface area contributed by atoms with Crippen molar-refractivity contribution in [2.24, 2.45) is 11.7 Å². The van der Waals surface area contributed by atoms with E-state index in [-0.39, 0.29) is 30.3 Å². The fraction of sp³-hybridized carbons (Fsp3) is 0.552. The van der Waals surface area contributed by atoms with Crippen molar-refractivity contribution in [2.45, 2.75) is 76.9 Å². The Labute approximate surface area is 223 Å². The van der Waals surface area contributed by atoms with E-state index in [9.17, 15) is 24.6 Å². The van der Waals surface area contributed by atoms with E-state index in [1.165, 1.54) is 18.9 Å². The smallest absolute Gasteiger partial charge is 0.261 e.